The zero-order chi connectivity index (χ0) is 15.9. The predicted molar refractivity (Wildman–Crippen MR) is 59.2 cm³/mol. The van der Waals surface area contributed by atoms with Crippen molar-refractivity contribution in [2.45, 2.75) is 36.9 Å². The average molecular weight is 283 g/mol. The van der Waals surface area contributed by atoms with E-state index in [4.69, 9.17) is 11.6 Å². The highest BCUT2D eigenvalue weighted by Crippen LogP contribution is 2.12. The van der Waals surface area contributed by atoms with E-state index in [0.717, 1.165) is 0 Å². The molecule has 5 atom stereocenters. The van der Waals surface area contributed by atoms with E-state index in [1.54, 1.807) is 0 Å². The third-order valence-electron chi connectivity index (χ3n) is 2.50. The highest BCUT2D eigenvalue weighted by Gasteiger charge is 2.36. The van der Waals surface area contributed by atoms with E-state index in [9.17, 15) is 30.0 Å². The zero-order valence-electron chi connectivity index (χ0n) is 10.9. The molecular formula is C10H18O9. The van der Waals surface area contributed by atoms with Crippen LogP contribution >= 0.6 is 0 Å². The van der Waals surface area contributed by atoms with Gasteiger partial charge in [0, 0.05) is 13.5 Å². The fourth-order valence-corrected chi connectivity index (χ4v) is 1.31. The Labute approximate surface area is 110 Å². The normalized spacial score (nSPS) is 19.9. The second-order valence-corrected chi connectivity index (χ2v) is 3.86. The van der Waals surface area contributed by atoms with Gasteiger partial charge in [-0.15, -0.1) is 0 Å². The van der Waals surface area contributed by atoms with Gasteiger partial charge in [-0.1, -0.05) is 0 Å². The molecule has 112 valence electrons. The number of Topliss-reactive ketones (excluding diaryl/α,β-unsaturated/α-hetero) is 1. The Morgan fingerprint density at radius 1 is 1.16 bits per heavy atom. The first-order valence-electron chi connectivity index (χ1n) is 5.97. The Morgan fingerprint density at radius 2 is 1.74 bits per heavy atom. The Kier molecular flexibility index (Phi) is 6.84. The molecule has 0 aliphatic carbocycles. The molecule has 9 heteroatoms. The minimum absolute atomic E-state index is 0.620. The van der Waals surface area contributed by atoms with E-state index >= 15 is 0 Å². The van der Waals surface area contributed by atoms with Crippen molar-refractivity contribution in [3.05, 3.63) is 0 Å². The summed E-state index contributed by atoms with van der Waals surface area (Å²) in [5, 5.41) is 55.2. The minimum atomic E-state index is -2.03. The molecule has 0 fully saturated rings. The summed E-state index contributed by atoms with van der Waals surface area (Å²) in [6.45, 7) is -0.756. The van der Waals surface area contributed by atoms with Crippen molar-refractivity contribution >= 4 is 11.8 Å². The van der Waals surface area contributed by atoms with Crippen molar-refractivity contribution in [1.82, 2.24) is 0 Å². The molecule has 0 rings (SSSR count). The number of carboxylic acids is 1. The number of ether oxygens (including phenoxy) is 1. The first-order chi connectivity index (χ1) is 9.26. The van der Waals surface area contributed by atoms with Crippen molar-refractivity contribution in [2.75, 3.05) is 13.7 Å². The zero-order valence-corrected chi connectivity index (χ0v) is 9.92. The number of methoxy groups -OCH3 is 1. The van der Waals surface area contributed by atoms with Gasteiger partial charge in [-0.05, 0) is 0 Å². The van der Waals surface area contributed by atoms with Crippen molar-refractivity contribution in [3.8, 4) is 0 Å². The Morgan fingerprint density at radius 3 is 2.16 bits per heavy atom. The highest BCUT2D eigenvalue weighted by atomic mass is 16.5. The van der Waals surface area contributed by atoms with Gasteiger partial charge in [0.2, 0.25) is 5.78 Å². The number of ketones is 1. The van der Waals surface area contributed by atoms with Crippen LogP contribution in [0.1, 0.15) is 7.79 Å². The van der Waals surface area contributed by atoms with Crippen LogP contribution in [0.3, 0.4) is 0 Å². The molecule has 9 nitrogen and oxygen atoms in total. The number of aliphatic carboxylic acids is 1. The Hall–Kier alpha value is -1.10. The number of aliphatic hydroxyl groups excluding tert-OH is 5. The van der Waals surface area contributed by atoms with Crippen molar-refractivity contribution in [3.63, 3.8) is 0 Å². The summed E-state index contributed by atoms with van der Waals surface area (Å²) < 4.78 is 11.3. The van der Waals surface area contributed by atoms with E-state index in [1.165, 1.54) is 0 Å². The summed E-state index contributed by atoms with van der Waals surface area (Å²) in [7, 11) is -0.620. The smallest absolute Gasteiger partial charge is 0.372 e. The Balaban J connectivity index is 4.61. The quantitative estimate of drug-likeness (QED) is 0.235. The van der Waals surface area contributed by atoms with E-state index in [-0.39, 0.29) is 0 Å². The van der Waals surface area contributed by atoms with Gasteiger partial charge in [0.05, 0.1) is 14.1 Å². The summed E-state index contributed by atoms with van der Waals surface area (Å²) >= 11 is 0. The lowest BCUT2D eigenvalue weighted by atomic mass is 9.96. The van der Waals surface area contributed by atoms with Crippen molar-refractivity contribution in [1.29, 1.82) is 0 Å². The van der Waals surface area contributed by atoms with Crippen LogP contribution in [0.25, 0.3) is 0 Å². The van der Waals surface area contributed by atoms with Crippen LogP contribution in [0.15, 0.2) is 0 Å². The maximum absolute atomic E-state index is 10.8. The molecule has 0 saturated carbocycles. The second kappa shape index (κ2) is 8.15. The van der Waals surface area contributed by atoms with Crippen LogP contribution in [0, 0.1) is 0 Å². The van der Waals surface area contributed by atoms with Gasteiger partial charge in [-0.3, -0.25) is 4.79 Å². The lowest BCUT2D eigenvalue weighted by Gasteiger charge is -2.29. The standard InChI is InChI=1S/C10H18O9/c1-19-6(3-11)8(15)9(16)7(14)4(12)2-5(13)10(17)18/h4,6-9,11-12,14-16H,2-3H2,1H3,(H,17,18)/t4-,6+,7+,8+,9+/m0/s1/i1D. The van der Waals surface area contributed by atoms with E-state index in [0.29, 0.717) is 0 Å². The maximum Gasteiger partial charge on any atom is 0.372 e. The molecular weight excluding hydrogens is 264 g/mol. The van der Waals surface area contributed by atoms with Crippen LogP contribution in [-0.2, 0) is 14.3 Å². The van der Waals surface area contributed by atoms with E-state index in [1.807, 2.05) is 0 Å². The molecule has 0 amide bonds. The van der Waals surface area contributed by atoms with Gasteiger partial charge in [0.25, 0.3) is 0 Å². The molecule has 0 unspecified atom stereocenters. The molecule has 0 aliphatic rings. The van der Waals surface area contributed by atoms with Gasteiger partial charge >= 0.3 is 5.97 Å². The number of carbonyl (C=O) groups is 2. The first kappa shape index (κ1) is 16.0. The summed E-state index contributed by atoms with van der Waals surface area (Å²) in [6, 6.07) is 0. The number of hydrogen-bond donors (Lipinski definition) is 6. The van der Waals surface area contributed by atoms with Gasteiger partial charge in [-0.25, -0.2) is 4.79 Å². The topological polar surface area (TPSA) is 165 Å². The van der Waals surface area contributed by atoms with Crippen molar-refractivity contribution in [2.24, 2.45) is 0 Å². The largest absolute Gasteiger partial charge is 0.475 e. The lowest BCUT2D eigenvalue weighted by molar-refractivity contribution is -0.157. The van der Waals surface area contributed by atoms with E-state index in [2.05, 4.69) is 4.74 Å². The van der Waals surface area contributed by atoms with Crippen LogP contribution < -0.4 is 0 Å². The minimum Gasteiger partial charge on any atom is -0.475 e. The molecule has 0 saturated heterocycles. The summed E-state index contributed by atoms with van der Waals surface area (Å²) in [6.07, 6.45) is -10.1. The summed E-state index contributed by atoms with van der Waals surface area (Å²) in [5.41, 5.74) is 0. The van der Waals surface area contributed by atoms with Crippen LogP contribution in [0.4, 0.5) is 0 Å². The second-order valence-electron chi connectivity index (χ2n) is 3.86. The Bertz CT molecular complexity index is 324. The molecule has 0 aliphatic heterocycles. The van der Waals surface area contributed by atoms with E-state index < -0.39 is 62.4 Å². The SMILES string of the molecule is [2H]CO[C@H](CO)[C@@H](O)[C@H](O)[C@H](O)[C@@H](O)CC(=O)C(=O)O. The number of carboxylic acid groups (broad SMARTS) is 1. The van der Waals surface area contributed by atoms with Gasteiger partial charge in [0.1, 0.15) is 24.4 Å². The number of aliphatic hydroxyl groups is 5. The van der Waals surface area contributed by atoms with Gasteiger partial charge in [0.15, 0.2) is 0 Å². The van der Waals surface area contributed by atoms with Crippen LogP contribution in [0.5, 0.6) is 0 Å². The molecule has 0 aromatic heterocycles. The lowest BCUT2D eigenvalue weighted by Crippen LogP contribution is -2.51. The first-order valence-corrected chi connectivity index (χ1v) is 5.26. The fraction of sp³-hybridized carbons (Fsp3) is 0.800. The molecule has 0 aromatic carbocycles. The molecule has 0 aromatic rings. The van der Waals surface area contributed by atoms with Gasteiger partial charge < -0.3 is 35.4 Å². The monoisotopic (exact) mass is 283 g/mol. The molecule has 0 radical (unpaired) electrons. The summed E-state index contributed by atoms with van der Waals surface area (Å²) in [4.78, 5) is 21.1. The van der Waals surface area contributed by atoms with Gasteiger partial charge in [-0.2, -0.15) is 0 Å². The fourth-order valence-electron chi connectivity index (χ4n) is 1.31. The van der Waals surface area contributed by atoms with Crippen LogP contribution in [-0.4, -0.2) is 86.6 Å². The highest BCUT2D eigenvalue weighted by molar-refractivity contribution is 6.32. The third kappa shape index (κ3) is 5.19. The number of rotatable bonds is 9. The molecule has 19 heavy (non-hydrogen) atoms. The summed E-state index contributed by atoms with van der Waals surface area (Å²) in [5.74, 6) is -3.18. The molecule has 0 heterocycles. The van der Waals surface area contributed by atoms with Crippen LogP contribution in [0.2, 0.25) is 0 Å². The predicted octanol–water partition coefficient (Wildman–Crippen LogP) is -3.52. The molecule has 6 N–H and O–H groups in total. The third-order valence-corrected chi connectivity index (χ3v) is 2.50. The molecule has 0 bridgehead atoms. The van der Waals surface area contributed by atoms with Crippen molar-refractivity contribution < 1.29 is 46.3 Å². The number of hydrogen-bond acceptors (Lipinski definition) is 8. The maximum atomic E-state index is 10.8. The average Bonchev–Trinajstić information content (AvgIpc) is 2.41. The molecule has 0 spiro atoms. The number of carbonyl (C=O) groups excluding carboxylic acids is 1.